The van der Waals surface area contributed by atoms with E-state index in [0.29, 0.717) is 0 Å². The van der Waals surface area contributed by atoms with Crippen molar-refractivity contribution in [2.24, 2.45) is 0 Å². The Labute approximate surface area is 66.5 Å². The summed E-state index contributed by atoms with van der Waals surface area (Å²) in [5.41, 5.74) is -0.380. The van der Waals surface area contributed by atoms with Gasteiger partial charge in [0.2, 0.25) is 0 Å². The van der Waals surface area contributed by atoms with Crippen LogP contribution in [0, 0.1) is 0 Å². The highest BCUT2D eigenvalue weighted by Gasteiger charge is 2.39. The molecule has 3 nitrogen and oxygen atoms in total. The third-order valence-corrected chi connectivity index (χ3v) is 1.78. The highest BCUT2D eigenvalue weighted by atomic mass is 35.5. The molecule has 1 rings (SSSR count). The van der Waals surface area contributed by atoms with E-state index >= 15 is 0 Å². The van der Waals surface area contributed by atoms with Crippen LogP contribution in [0.3, 0.4) is 0 Å². The van der Waals surface area contributed by atoms with Crippen molar-refractivity contribution < 1.29 is 9.53 Å². The molecular formula is C6H12ClNO2. The van der Waals surface area contributed by atoms with Crippen LogP contribution in [0.1, 0.15) is 13.3 Å². The van der Waals surface area contributed by atoms with Crippen LogP contribution in [0.15, 0.2) is 0 Å². The number of carbonyl (C=O) groups is 1. The summed E-state index contributed by atoms with van der Waals surface area (Å²) in [6.07, 6.45) is 0.889. The number of hydrogen-bond donors (Lipinski definition) is 1. The minimum atomic E-state index is -0.380. The Morgan fingerprint density at radius 2 is 2.20 bits per heavy atom. The lowest BCUT2D eigenvalue weighted by Crippen LogP contribution is -2.60. The van der Waals surface area contributed by atoms with E-state index in [1.54, 1.807) is 0 Å². The lowest BCUT2D eigenvalue weighted by Gasteiger charge is -2.36. The van der Waals surface area contributed by atoms with Crippen molar-refractivity contribution >= 4 is 18.4 Å². The number of halogens is 1. The Hall–Kier alpha value is -0.280. The number of methoxy groups -OCH3 is 1. The maximum atomic E-state index is 10.8. The minimum Gasteiger partial charge on any atom is -0.468 e. The highest BCUT2D eigenvalue weighted by Crippen LogP contribution is 2.18. The van der Waals surface area contributed by atoms with Crippen LogP contribution in [-0.4, -0.2) is 25.2 Å². The van der Waals surface area contributed by atoms with Gasteiger partial charge in [-0.2, -0.15) is 0 Å². The first-order valence-corrected chi connectivity index (χ1v) is 3.02. The average Bonchev–Trinajstić information content (AvgIpc) is 1.81. The minimum absolute atomic E-state index is 0. The Kier molecular flexibility index (Phi) is 3.12. The van der Waals surface area contributed by atoms with Crippen molar-refractivity contribution in [2.75, 3.05) is 13.7 Å². The monoisotopic (exact) mass is 165 g/mol. The van der Waals surface area contributed by atoms with E-state index < -0.39 is 0 Å². The first-order valence-electron chi connectivity index (χ1n) is 3.02. The molecule has 4 heteroatoms. The summed E-state index contributed by atoms with van der Waals surface area (Å²) in [4.78, 5) is 10.8. The zero-order valence-electron chi connectivity index (χ0n) is 6.14. The zero-order valence-corrected chi connectivity index (χ0v) is 6.96. The number of nitrogens with one attached hydrogen (secondary N) is 1. The Morgan fingerprint density at radius 3 is 2.30 bits per heavy atom. The van der Waals surface area contributed by atoms with E-state index in [-0.39, 0.29) is 23.9 Å². The van der Waals surface area contributed by atoms with E-state index in [0.717, 1.165) is 13.0 Å². The molecule has 0 spiro atoms. The standard InChI is InChI=1S/C6H11NO2.ClH/c1-6(3-4-7-6)5(8)9-2;/h7H,3-4H2,1-2H3;1H/t6-;/m0./s1. The molecule has 0 bridgehead atoms. The molecule has 60 valence electrons. The van der Waals surface area contributed by atoms with Crippen LogP contribution < -0.4 is 5.32 Å². The first kappa shape index (κ1) is 9.72. The number of ether oxygens (including phenoxy) is 1. The molecule has 0 aromatic carbocycles. The van der Waals surface area contributed by atoms with Crippen molar-refractivity contribution in [3.8, 4) is 0 Å². The van der Waals surface area contributed by atoms with E-state index in [1.807, 2.05) is 6.92 Å². The second-order valence-electron chi connectivity index (χ2n) is 2.50. The molecule has 0 unspecified atom stereocenters. The number of carbonyl (C=O) groups excluding carboxylic acids is 1. The van der Waals surface area contributed by atoms with E-state index in [1.165, 1.54) is 7.11 Å². The lowest BCUT2D eigenvalue weighted by molar-refractivity contribution is -0.150. The predicted octanol–water partition coefficient (Wildman–Crippen LogP) is 0.333. The summed E-state index contributed by atoms with van der Waals surface area (Å²) < 4.78 is 4.56. The van der Waals surface area contributed by atoms with Crippen LogP contribution in [0.25, 0.3) is 0 Å². The first-order chi connectivity index (χ1) is 4.19. The van der Waals surface area contributed by atoms with Gasteiger partial charge in [0.25, 0.3) is 0 Å². The van der Waals surface area contributed by atoms with Gasteiger partial charge in [0.1, 0.15) is 5.54 Å². The van der Waals surface area contributed by atoms with Crippen molar-refractivity contribution in [3.05, 3.63) is 0 Å². The smallest absolute Gasteiger partial charge is 0.325 e. The fourth-order valence-electron chi connectivity index (χ4n) is 0.899. The third-order valence-electron chi connectivity index (χ3n) is 1.78. The molecule has 1 fully saturated rings. The van der Waals surface area contributed by atoms with Gasteiger partial charge >= 0.3 is 5.97 Å². The molecule has 1 aliphatic rings. The van der Waals surface area contributed by atoms with Gasteiger partial charge in [0.05, 0.1) is 7.11 Å². The number of hydrogen-bond acceptors (Lipinski definition) is 3. The molecule has 0 radical (unpaired) electrons. The van der Waals surface area contributed by atoms with Gasteiger partial charge in [-0.1, -0.05) is 0 Å². The van der Waals surface area contributed by atoms with Gasteiger partial charge < -0.3 is 10.1 Å². The second-order valence-corrected chi connectivity index (χ2v) is 2.50. The Bertz CT molecular complexity index is 134. The van der Waals surface area contributed by atoms with Crippen LogP contribution in [-0.2, 0) is 9.53 Å². The molecule has 1 heterocycles. The topological polar surface area (TPSA) is 38.3 Å². The normalized spacial score (nSPS) is 29.8. The average molecular weight is 166 g/mol. The summed E-state index contributed by atoms with van der Waals surface area (Å²) in [5.74, 6) is -0.159. The predicted molar refractivity (Wildman–Crippen MR) is 40.3 cm³/mol. The SMILES string of the molecule is COC(=O)[C@]1(C)CCN1.Cl. The van der Waals surface area contributed by atoms with Gasteiger partial charge in [-0.15, -0.1) is 12.4 Å². The summed E-state index contributed by atoms with van der Waals surface area (Å²) in [6.45, 7) is 2.77. The molecular weight excluding hydrogens is 154 g/mol. The quantitative estimate of drug-likeness (QED) is 0.570. The van der Waals surface area contributed by atoms with Gasteiger partial charge in [-0.05, 0) is 19.9 Å². The van der Waals surface area contributed by atoms with Crippen molar-refractivity contribution in [2.45, 2.75) is 18.9 Å². The van der Waals surface area contributed by atoms with Gasteiger partial charge in [-0.25, -0.2) is 0 Å². The fraction of sp³-hybridized carbons (Fsp3) is 0.833. The molecule has 0 aromatic rings. The van der Waals surface area contributed by atoms with Crippen LogP contribution in [0.2, 0.25) is 0 Å². The molecule has 0 saturated carbocycles. The van der Waals surface area contributed by atoms with Crippen molar-refractivity contribution in [1.29, 1.82) is 0 Å². The summed E-state index contributed by atoms with van der Waals surface area (Å²) in [6, 6.07) is 0. The maximum Gasteiger partial charge on any atom is 0.325 e. The largest absolute Gasteiger partial charge is 0.468 e. The molecule has 1 atom stereocenters. The second kappa shape index (κ2) is 3.21. The lowest BCUT2D eigenvalue weighted by atomic mass is 9.91. The molecule has 0 amide bonds. The molecule has 1 aliphatic heterocycles. The molecule has 10 heavy (non-hydrogen) atoms. The summed E-state index contributed by atoms with van der Waals surface area (Å²) >= 11 is 0. The maximum absolute atomic E-state index is 10.8. The Morgan fingerprint density at radius 1 is 1.70 bits per heavy atom. The van der Waals surface area contributed by atoms with Crippen molar-refractivity contribution in [3.63, 3.8) is 0 Å². The van der Waals surface area contributed by atoms with Gasteiger partial charge in [-0.3, -0.25) is 4.79 Å². The van der Waals surface area contributed by atoms with E-state index in [4.69, 9.17) is 0 Å². The molecule has 0 aromatic heterocycles. The van der Waals surface area contributed by atoms with Crippen molar-refractivity contribution in [1.82, 2.24) is 5.32 Å². The van der Waals surface area contributed by atoms with E-state index in [9.17, 15) is 4.79 Å². The van der Waals surface area contributed by atoms with Crippen LogP contribution >= 0.6 is 12.4 Å². The highest BCUT2D eigenvalue weighted by molar-refractivity contribution is 5.85. The Balaban J connectivity index is 0.000000810. The van der Waals surface area contributed by atoms with E-state index in [2.05, 4.69) is 10.1 Å². The molecule has 1 saturated heterocycles. The molecule has 1 N–H and O–H groups in total. The number of esters is 1. The van der Waals surface area contributed by atoms with Gasteiger partial charge in [0, 0.05) is 0 Å². The molecule has 0 aliphatic carbocycles. The fourth-order valence-corrected chi connectivity index (χ4v) is 0.899. The zero-order chi connectivity index (χ0) is 6.91. The van der Waals surface area contributed by atoms with Crippen LogP contribution in [0.4, 0.5) is 0 Å². The summed E-state index contributed by atoms with van der Waals surface area (Å²) in [7, 11) is 1.41. The van der Waals surface area contributed by atoms with Gasteiger partial charge in [0.15, 0.2) is 0 Å². The number of rotatable bonds is 1. The summed E-state index contributed by atoms with van der Waals surface area (Å²) in [5, 5.41) is 3.00. The third kappa shape index (κ3) is 1.41. The van der Waals surface area contributed by atoms with Crippen LogP contribution in [0.5, 0.6) is 0 Å².